The van der Waals surface area contributed by atoms with Crippen molar-refractivity contribution in [1.29, 1.82) is 0 Å². The van der Waals surface area contributed by atoms with Crippen molar-refractivity contribution in [2.24, 2.45) is 0 Å². The highest BCUT2D eigenvalue weighted by molar-refractivity contribution is 9.20. The van der Waals surface area contributed by atoms with E-state index in [1.165, 1.54) is 11.1 Å². The highest BCUT2D eigenvalue weighted by Gasteiger charge is 2.39. The Morgan fingerprint density at radius 3 is 0.958 bits per heavy atom. The predicted octanol–water partition coefficient (Wildman–Crippen LogP) is 10.4. The van der Waals surface area contributed by atoms with Gasteiger partial charge in [0.05, 0.1) is 0 Å². The van der Waals surface area contributed by atoms with Crippen LogP contribution in [0.5, 0.6) is 0 Å². The van der Waals surface area contributed by atoms with E-state index >= 15 is 0 Å². The lowest BCUT2D eigenvalue weighted by atomic mass is 10.1. The molecule has 3 aromatic heterocycles. The van der Waals surface area contributed by atoms with Crippen molar-refractivity contribution in [3.63, 3.8) is 0 Å². The molecule has 0 aliphatic carbocycles. The highest BCUT2D eigenvalue weighted by Crippen LogP contribution is 3.20. The molecule has 3 heterocycles. The van der Waals surface area contributed by atoms with E-state index in [0.717, 1.165) is 0 Å². The predicted molar refractivity (Wildman–Crippen MR) is 122 cm³/mol. The van der Waals surface area contributed by atoms with Crippen LogP contribution in [0.3, 0.4) is 0 Å². The van der Waals surface area contributed by atoms with E-state index in [4.69, 9.17) is 0 Å². The number of hydrogen-bond acceptors (Lipinski definition) is 0. The van der Waals surface area contributed by atoms with Gasteiger partial charge in [0, 0.05) is 10.6 Å². The Morgan fingerprint density at radius 1 is 0.458 bits per heavy atom. The van der Waals surface area contributed by atoms with Crippen LogP contribution in [0.25, 0.3) is 10.6 Å². The summed E-state index contributed by atoms with van der Waals surface area (Å²) in [6, 6.07) is 9.77. The molecule has 124 valence electrons. The standard InChI is InChI=1S/C18H22P6/c1-11-7-13(3)17(14(4)8-11)19-21-22(19)24-20(23(21)24)18-15(5)9-12(2)10-16(18)6/h7-10H,1-6H3. The first-order chi connectivity index (χ1) is 11.4. The SMILES string of the molecule is Cc1cc(C)c(-p2p3p2p2p(-c4c(C)cc(C)cc4C)p32)c(C)c1. The molecule has 0 fully saturated rings. The van der Waals surface area contributed by atoms with Crippen LogP contribution in [0.2, 0.25) is 0 Å². The van der Waals surface area contributed by atoms with E-state index in [0.29, 0.717) is 39.3 Å². The smallest absolute Gasteiger partial charge is 0.0128 e. The second-order valence-corrected chi connectivity index (χ2v) is 43.8. The molecule has 0 radical (unpaired) electrons. The summed E-state index contributed by atoms with van der Waals surface area (Å²) in [4.78, 5) is 0. The third-order valence-corrected chi connectivity index (χ3v) is 81.1. The van der Waals surface area contributed by atoms with Crippen molar-refractivity contribution >= 4 is 39.3 Å². The van der Waals surface area contributed by atoms with Crippen LogP contribution in [0, 0.1) is 41.5 Å². The average molecular weight is 424 g/mol. The maximum atomic E-state index is 2.44. The van der Waals surface area contributed by atoms with Gasteiger partial charge in [-0.15, -0.1) is 0 Å². The molecule has 0 aliphatic rings. The Hall–Kier alpha value is 0.240. The Bertz CT molecular complexity index is 1010. The Balaban J connectivity index is 1.64. The van der Waals surface area contributed by atoms with Crippen LogP contribution in [0.4, 0.5) is 0 Å². The zero-order valence-electron chi connectivity index (χ0n) is 15.0. The molecular weight excluding hydrogens is 402 g/mol. The zero-order chi connectivity index (χ0) is 16.9. The van der Waals surface area contributed by atoms with Crippen LogP contribution in [0.1, 0.15) is 33.4 Å². The van der Waals surface area contributed by atoms with Gasteiger partial charge in [-0.05, 0) is 103 Å². The monoisotopic (exact) mass is 424 g/mol. The molecule has 0 atom stereocenters. The van der Waals surface area contributed by atoms with Gasteiger partial charge in [0.2, 0.25) is 0 Å². The number of aryl methyl sites for hydroxylation is 6. The molecule has 0 aliphatic heterocycles. The first-order valence-corrected chi connectivity index (χ1v) is 22.1. The molecule has 0 saturated heterocycles. The van der Waals surface area contributed by atoms with Gasteiger partial charge in [0.15, 0.2) is 0 Å². The van der Waals surface area contributed by atoms with Crippen molar-refractivity contribution in [3.8, 4) is 10.6 Å². The van der Waals surface area contributed by atoms with Gasteiger partial charge in [-0.25, -0.2) is 0 Å². The van der Waals surface area contributed by atoms with E-state index in [1.54, 1.807) is 22.3 Å². The molecule has 0 unspecified atom stereocenters. The minimum Gasteiger partial charge on any atom is -0.0554 e. The molecule has 5 aromatic rings. The molecule has 0 N–H and O–H groups in total. The first-order valence-electron chi connectivity index (χ1n) is 8.36. The van der Waals surface area contributed by atoms with Gasteiger partial charge < -0.3 is 0 Å². The summed E-state index contributed by atoms with van der Waals surface area (Å²) < 4.78 is 0. The normalized spacial score (nSPS) is 17.1. The Labute approximate surface area is 149 Å². The number of fused-ring (bicyclic) bond motifs is 4. The summed E-state index contributed by atoms with van der Waals surface area (Å²) >= 11 is 0. The first kappa shape index (κ1) is 16.4. The lowest BCUT2D eigenvalue weighted by Gasteiger charge is -2.07. The third kappa shape index (κ3) is 2.15. The van der Waals surface area contributed by atoms with E-state index < -0.39 is 0 Å². The van der Waals surface area contributed by atoms with Crippen molar-refractivity contribution in [2.45, 2.75) is 41.5 Å². The van der Waals surface area contributed by atoms with Crippen molar-refractivity contribution in [3.05, 3.63) is 57.6 Å². The third-order valence-electron chi connectivity index (χ3n) is 4.93. The summed E-state index contributed by atoms with van der Waals surface area (Å²) in [7, 11) is 0. The fourth-order valence-electron chi connectivity index (χ4n) is 4.12. The molecule has 0 saturated carbocycles. The molecule has 5 rings (SSSR count). The molecule has 24 heavy (non-hydrogen) atoms. The van der Waals surface area contributed by atoms with Crippen LogP contribution in [-0.2, 0) is 0 Å². The van der Waals surface area contributed by atoms with E-state index in [1.807, 2.05) is 10.6 Å². The minimum absolute atomic E-state index is 0.360. The van der Waals surface area contributed by atoms with E-state index in [-0.39, 0.29) is 0 Å². The minimum atomic E-state index is 0.360. The fourth-order valence-corrected chi connectivity index (χ4v) is 157. The van der Waals surface area contributed by atoms with Crippen molar-refractivity contribution < 1.29 is 0 Å². The molecule has 0 bridgehead atoms. The Kier molecular flexibility index (Phi) is 3.68. The van der Waals surface area contributed by atoms with Crippen LogP contribution < -0.4 is 0 Å². The highest BCUT2D eigenvalue weighted by atomic mass is 33.2. The average Bonchev–Trinajstić information content (AvgIpc) is 3.21. The molecule has 0 spiro atoms. The molecular formula is C18H22P6. The van der Waals surface area contributed by atoms with Crippen molar-refractivity contribution in [2.75, 3.05) is 0 Å². The van der Waals surface area contributed by atoms with Gasteiger partial charge >= 0.3 is 0 Å². The lowest BCUT2D eigenvalue weighted by Crippen LogP contribution is -1.83. The largest absolute Gasteiger partial charge is 0.0554 e. The second-order valence-electron chi connectivity index (χ2n) is 7.15. The second kappa shape index (κ2) is 5.38. The van der Waals surface area contributed by atoms with Gasteiger partial charge in [0.1, 0.15) is 0 Å². The van der Waals surface area contributed by atoms with Crippen molar-refractivity contribution in [1.82, 2.24) is 0 Å². The zero-order valence-corrected chi connectivity index (χ0v) is 20.4. The topological polar surface area (TPSA) is 0 Å². The molecule has 0 amide bonds. The number of rotatable bonds is 2. The van der Waals surface area contributed by atoms with E-state index in [2.05, 4.69) is 65.8 Å². The van der Waals surface area contributed by atoms with Gasteiger partial charge in [0.25, 0.3) is 0 Å². The van der Waals surface area contributed by atoms with Gasteiger partial charge in [-0.2, -0.15) is 0 Å². The number of hydrogen-bond donors (Lipinski definition) is 0. The maximum absolute atomic E-state index is 2.44. The van der Waals surface area contributed by atoms with Crippen LogP contribution in [0.15, 0.2) is 24.3 Å². The summed E-state index contributed by atoms with van der Waals surface area (Å²) in [5.41, 5.74) is 9.39. The quantitative estimate of drug-likeness (QED) is 0.264. The summed E-state index contributed by atoms with van der Waals surface area (Å²) in [5, 5.41) is 3.72. The van der Waals surface area contributed by atoms with Crippen LogP contribution in [-0.4, -0.2) is 0 Å². The molecule has 0 nitrogen and oxygen atoms in total. The Morgan fingerprint density at radius 2 is 0.708 bits per heavy atom. The summed E-state index contributed by atoms with van der Waals surface area (Å²) in [5.74, 6) is 0. The lowest BCUT2D eigenvalue weighted by molar-refractivity contribution is 1.35. The van der Waals surface area contributed by atoms with Gasteiger partial charge in [-0.3, -0.25) is 0 Å². The fraction of sp³-hybridized carbons (Fsp3) is 0.333. The summed E-state index contributed by atoms with van der Waals surface area (Å²) in [6.45, 7) is 14.7. The maximum Gasteiger partial charge on any atom is 0.0128 e. The van der Waals surface area contributed by atoms with E-state index in [9.17, 15) is 0 Å². The number of benzene rings is 2. The molecule has 6 heteroatoms. The molecule has 2 aromatic carbocycles. The van der Waals surface area contributed by atoms with Gasteiger partial charge in [-0.1, -0.05) is 35.4 Å². The van der Waals surface area contributed by atoms with Crippen LogP contribution >= 0.6 is 39.3 Å². The summed E-state index contributed by atoms with van der Waals surface area (Å²) in [6.07, 6.45) is 2.15.